The summed E-state index contributed by atoms with van der Waals surface area (Å²) in [5, 5.41) is 2.91. The fraction of sp³-hybridized carbons (Fsp3) is 0.476. The van der Waals surface area contributed by atoms with Gasteiger partial charge in [-0.2, -0.15) is 0 Å². The van der Waals surface area contributed by atoms with Gasteiger partial charge in [0.05, 0.1) is 0 Å². The Morgan fingerprint density at radius 1 is 0.929 bits per heavy atom. The number of likely N-dealkylation sites (tertiary alicyclic amines) is 1. The van der Waals surface area contributed by atoms with Gasteiger partial charge in [-0.15, -0.1) is 0 Å². The Kier molecular flexibility index (Phi) is 6.34. The first-order valence-corrected chi connectivity index (χ1v) is 9.80. The molecule has 7 nitrogen and oxygen atoms in total. The lowest BCUT2D eigenvalue weighted by atomic mass is 9.95. The average molecular weight is 384 g/mol. The lowest BCUT2D eigenvalue weighted by molar-refractivity contribution is -0.140. The first-order valence-electron chi connectivity index (χ1n) is 9.80. The van der Waals surface area contributed by atoms with Gasteiger partial charge in [0.1, 0.15) is 0 Å². The van der Waals surface area contributed by atoms with E-state index in [0.717, 1.165) is 11.3 Å². The molecule has 0 spiro atoms. The summed E-state index contributed by atoms with van der Waals surface area (Å²) in [4.78, 5) is 42.2. The number of piperidine rings is 1. The standard InChI is InChI=1S/C21H28N4O3/c1-3-19(26)23-10-8-17(9-11-23)20(27)24-12-14-25(15-13-24)21(28)22-18-6-4-16(2)5-7-18/h3-7,17H,1,8-15H2,2H3,(H,22,28). The number of piperazine rings is 1. The van der Waals surface area contributed by atoms with Crippen molar-refractivity contribution in [1.82, 2.24) is 14.7 Å². The molecule has 2 saturated heterocycles. The van der Waals surface area contributed by atoms with Gasteiger partial charge in [0.2, 0.25) is 11.8 Å². The molecular weight excluding hydrogens is 356 g/mol. The predicted molar refractivity (Wildman–Crippen MR) is 108 cm³/mol. The topological polar surface area (TPSA) is 73.0 Å². The smallest absolute Gasteiger partial charge is 0.321 e. The van der Waals surface area contributed by atoms with Crippen molar-refractivity contribution < 1.29 is 14.4 Å². The molecule has 7 heteroatoms. The number of nitrogens with zero attached hydrogens (tertiary/aromatic N) is 3. The van der Waals surface area contributed by atoms with Crippen LogP contribution in [-0.4, -0.2) is 71.8 Å². The summed E-state index contributed by atoms with van der Waals surface area (Å²) in [6.45, 7) is 8.85. The number of hydrogen-bond donors (Lipinski definition) is 1. The van der Waals surface area contributed by atoms with Crippen molar-refractivity contribution in [2.45, 2.75) is 19.8 Å². The number of rotatable bonds is 3. The van der Waals surface area contributed by atoms with Gasteiger partial charge in [-0.25, -0.2) is 4.79 Å². The predicted octanol–water partition coefficient (Wildman–Crippen LogP) is 2.10. The highest BCUT2D eigenvalue weighted by molar-refractivity contribution is 5.90. The van der Waals surface area contributed by atoms with E-state index in [9.17, 15) is 14.4 Å². The Hall–Kier alpha value is -2.83. The summed E-state index contributed by atoms with van der Waals surface area (Å²) >= 11 is 0. The summed E-state index contributed by atoms with van der Waals surface area (Å²) < 4.78 is 0. The molecule has 0 saturated carbocycles. The molecule has 0 aromatic heterocycles. The van der Waals surface area contributed by atoms with Gasteiger partial charge in [-0.05, 0) is 38.0 Å². The van der Waals surface area contributed by atoms with Crippen molar-refractivity contribution in [3.05, 3.63) is 42.5 Å². The summed E-state index contributed by atoms with van der Waals surface area (Å²) in [6, 6.07) is 7.56. The van der Waals surface area contributed by atoms with Gasteiger partial charge < -0.3 is 20.0 Å². The molecular formula is C21H28N4O3. The highest BCUT2D eigenvalue weighted by atomic mass is 16.2. The van der Waals surface area contributed by atoms with E-state index in [1.807, 2.05) is 36.1 Å². The Morgan fingerprint density at radius 3 is 2.07 bits per heavy atom. The third-order valence-electron chi connectivity index (χ3n) is 5.51. The minimum atomic E-state index is -0.132. The van der Waals surface area contributed by atoms with Crippen LogP contribution in [0.3, 0.4) is 0 Å². The van der Waals surface area contributed by atoms with Crippen LogP contribution in [0, 0.1) is 12.8 Å². The number of aryl methyl sites for hydroxylation is 1. The molecule has 1 N–H and O–H groups in total. The molecule has 0 atom stereocenters. The average Bonchev–Trinajstić information content (AvgIpc) is 2.74. The Labute approximate surface area is 166 Å². The molecule has 2 aliphatic heterocycles. The van der Waals surface area contributed by atoms with Crippen LogP contribution in [0.4, 0.5) is 10.5 Å². The zero-order chi connectivity index (χ0) is 20.1. The quantitative estimate of drug-likeness (QED) is 0.811. The van der Waals surface area contributed by atoms with E-state index < -0.39 is 0 Å². The van der Waals surface area contributed by atoms with Crippen LogP contribution in [0.5, 0.6) is 0 Å². The lowest BCUT2D eigenvalue weighted by Gasteiger charge is -2.38. The van der Waals surface area contributed by atoms with Crippen LogP contribution in [0.2, 0.25) is 0 Å². The summed E-state index contributed by atoms with van der Waals surface area (Å²) in [7, 11) is 0. The molecule has 0 aliphatic carbocycles. The molecule has 2 aliphatic rings. The van der Waals surface area contributed by atoms with Crippen LogP contribution < -0.4 is 5.32 Å². The van der Waals surface area contributed by atoms with E-state index in [-0.39, 0.29) is 23.8 Å². The minimum absolute atomic E-state index is 0.0400. The van der Waals surface area contributed by atoms with E-state index in [0.29, 0.717) is 52.1 Å². The molecule has 0 unspecified atom stereocenters. The van der Waals surface area contributed by atoms with Gasteiger partial charge >= 0.3 is 6.03 Å². The van der Waals surface area contributed by atoms with E-state index in [4.69, 9.17) is 0 Å². The highest BCUT2D eigenvalue weighted by Crippen LogP contribution is 2.21. The number of carbonyl (C=O) groups is 3. The first-order chi connectivity index (χ1) is 13.5. The van der Waals surface area contributed by atoms with Crippen molar-refractivity contribution in [2.75, 3.05) is 44.6 Å². The molecule has 4 amide bonds. The lowest BCUT2D eigenvalue weighted by Crippen LogP contribution is -2.53. The number of urea groups is 1. The summed E-state index contributed by atoms with van der Waals surface area (Å²) in [5.74, 6) is 0.0326. The molecule has 1 aromatic rings. The Bertz CT molecular complexity index is 731. The maximum absolute atomic E-state index is 12.8. The zero-order valence-corrected chi connectivity index (χ0v) is 16.4. The van der Waals surface area contributed by atoms with Crippen molar-refractivity contribution >= 4 is 23.5 Å². The van der Waals surface area contributed by atoms with E-state index in [1.54, 1.807) is 9.80 Å². The minimum Gasteiger partial charge on any atom is -0.339 e. The molecule has 0 radical (unpaired) electrons. The molecule has 150 valence electrons. The number of benzene rings is 1. The van der Waals surface area contributed by atoms with Crippen molar-refractivity contribution in [3.63, 3.8) is 0 Å². The SMILES string of the molecule is C=CC(=O)N1CCC(C(=O)N2CCN(C(=O)Nc3ccc(C)cc3)CC2)CC1. The normalized spacial score (nSPS) is 18.0. The second-order valence-corrected chi connectivity index (χ2v) is 7.41. The van der Waals surface area contributed by atoms with Crippen LogP contribution in [0.15, 0.2) is 36.9 Å². The Balaban J connectivity index is 1.45. The number of nitrogens with one attached hydrogen (secondary N) is 1. The van der Waals surface area contributed by atoms with E-state index in [1.165, 1.54) is 6.08 Å². The first kappa shape index (κ1) is 19.9. The summed E-state index contributed by atoms with van der Waals surface area (Å²) in [5.41, 5.74) is 1.92. The van der Waals surface area contributed by atoms with Gasteiger partial charge in [0.15, 0.2) is 0 Å². The molecule has 2 fully saturated rings. The van der Waals surface area contributed by atoms with Gasteiger partial charge in [0.25, 0.3) is 0 Å². The largest absolute Gasteiger partial charge is 0.339 e. The van der Waals surface area contributed by atoms with Crippen molar-refractivity contribution in [1.29, 1.82) is 0 Å². The second-order valence-electron chi connectivity index (χ2n) is 7.41. The maximum Gasteiger partial charge on any atom is 0.321 e. The number of hydrogen-bond acceptors (Lipinski definition) is 3. The Morgan fingerprint density at radius 2 is 1.50 bits per heavy atom. The van der Waals surface area contributed by atoms with E-state index in [2.05, 4.69) is 11.9 Å². The molecule has 0 bridgehead atoms. The van der Waals surface area contributed by atoms with Crippen LogP contribution in [0.1, 0.15) is 18.4 Å². The maximum atomic E-state index is 12.8. The van der Waals surface area contributed by atoms with Gasteiger partial charge in [-0.3, -0.25) is 9.59 Å². The van der Waals surface area contributed by atoms with Crippen molar-refractivity contribution in [2.24, 2.45) is 5.92 Å². The molecule has 1 aromatic carbocycles. The van der Waals surface area contributed by atoms with Crippen LogP contribution >= 0.6 is 0 Å². The monoisotopic (exact) mass is 384 g/mol. The highest BCUT2D eigenvalue weighted by Gasteiger charge is 2.32. The number of carbonyl (C=O) groups excluding carboxylic acids is 3. The molecule has 2 heterocycles. The third-order valence-corrected chi connectivity index (χ3v) is 5.51. The second kappa shape index (κ2) is 8.91. The van der Waals surface area contributed by atoms with Gasteiger partial charge in [0, 0.05) is 50.9 Å². The zero-order valence-electron chi connectivity index (χ0n) is 16.4. The molecule has 3 rings (SSSR count). The third kappa shape index (κ3) is 4.71. The number of amides is 4. The fourth-order valence-electron chi connectivity index (χ4n) is 3.70. The number of anilines is 1. The van der Waals surface area contributed by atoms with Crippen molar-refractivity contribution in [3.8, 4) is 0 Å². The summed E-state index contributed by atoms with van der Waals surface area (Å²) in [6.07, 6.45) is 2.70. The fourth-order valence-corrected chi connectivity index (χ4v) is 3.70. The van der Waals surface area contributed by atoms with Crippen LogP contribution in [-0.2, 0) is 9.59 Å². The van der Waals surface area contributed by atoms with E-state index >= 15 is 0 Å². The van der Waals surface area contributed by atoms with Crippen LogP contribution in [0.25, 0.3) is 0 Å². The molecule has 28 heavy (non-hydrogen) atoms. The van der Waals surface area contributed by atoms with Gasteiger partial charge in [-0.1, -0.05) is 24.3 Å².